The molecule has 18 heavy (non-hydrogen) atoms. The zero-order valence-corrected chi connectivity index (χ0v) is 9.80. The average Bonchev–Trinajstić information content (AvgIpc) is 2.80. The second kappa shape index (κ2) is 5.58. The van der Waals surface area contributed by atoms with Crippen molar-refractivity contribution in [1.82, 2.24) is 15.2 Å². The summed E-state index contributed by atoms with van der Waals surface area (Å²) in [6, 6.07) is 3.20. The lowest BCUT2D eigenvalue weighted by molar-refractivity contribution is -0.113. The van der Waals surface area contributed by atoms with Crippen LogP contribution >= 0.6 is 11.8 Å². The number of anilines is 1. The monoisotopic (exact) mass is 270 g/mol. The number of halogens is 2. The van der Waals surface area contributed by atoms with Crippen LogP contribution in [0.25, 0.3) is 0 Å². The molecule has 0 bridgehead atoms. The van der Waals surface area contributed by atoms with E-state index in [9.17, 15) is 13.6 Å². The average molecular weight is 270 g/mol. The van der Waals surface area contributed by atoms with E-state index >= 15 is 0 Å². The van der Waals surface area contributed by atoms with E-state index in [1.165, 1.54) is 12.4 Å². The van der Waals surface area contributed by atoms with Gasteiger partial charge >= 0.3 is 0 Å². The quantitative estimate of drug-likeness (QED) is 0.831. The number of nitrogens with one attached hydrogen (secondary N) is 2. The SMILES string of the molecule is O=C(CSc1ccc(F)cc1F)Nc1ncn[nH]1. The van der Waals surface area contributed by atoms with Gasteiger partial charge in [0.15, 0.2) is 0 Å². The number of thioether (sulfide) groups is 1. The van der Waals surface area contributed by atoms with Crippen LogP contribution in [0.5, 0.6) is 0 Å². The van der Waals surface area contributed by atoms with Crippen LogP contribution < -0.4 is 5.32 Å². The highest BCUT2D eigenvalue weighted by atomic mass is 32.2. The fourth-order valence-corrected chi connectivity index (χ4v) is 1.89. The summed E-state index contributed by atoms with van der Waals surface area (Å²) in [4.78, 5) is 15.4. The summed E-state index contributed by atoms with van der Waals surface area (Å²) in [6.07, 6.45) is 1.25. The number of amides is 1. The molecule has 0 spiro atoms. The normalized spacial score (nSPS) is 10.3. The van der Waals surface area contributed by atoms with Crippen molar-refractivity contribution in [3.8, 4) is 0 Å². The molecular weight excluding hydrogens is 262 g/mol. The van der Waals surface area contributed by atoms with Crippen LogP contribution in [-0.2, 0) is 4.79 Å². The lowest BCUT2D eigenvalue weighted by atomic mass is 10.3. The second-order valence-corrected chi connectivity index (χ2v) is 4.26. The fourth-order valence-electron chi connectivity index (χ4n) is 1.17. The number of hydrogen-bond acceptors (Lipinski definition) is 4. The standard InChI is InChI=1S/C10H8F2N4OS/c11-6-1-2-8(7(12)3-6)18-4-9(17)15-10-13-5-14-16-10/h1-3,5H,4H2,(H2,13,14,15,16,17). The maximum Gasteiger partial charge on any atom is 0.237 e. The van der Waals surface area contributed by atoms with Crippen LogP contribution in [0.4, 0.5) is 14.7 Å². The first-order valence-electron chi connectivity index (χ1n) is 4.88. The number of hydrogen-bond donors (Lipinski definition) is 2. The van der Waals surface area contributed by atoms with Gasteiger partial charge in [-0.15, -0.1) is 11.8 Å². The van der Waals surface area contributed by atoms with Crippen LogP contribution in [0.1, 0.15) is 0 Å². The van der Waals surface area contributed by atoms with Crippen LogP contribution in [-0.4, -0.2) is 26.8 Å². The molecule has 1 amide bonds. The number of carbonyl (C=O) groups is 1. The number of benzene rings is 1. The molecule has 0 fully saturated rings. The van der Waals surface area contributed by atoms with Gasteiger partial charge in [-0.05, 0) is 12.1 Å². The zero-order valence-electron chi connectivity index (χ0n) is 8.98. The largest absolute Gasteiger partial charge is 0.294 e. The Morgan fingerprint density at radius 1 is 1.44 bits per heavy atom. The molecule has 0 atom stereocenters. The molecule has 0 aliphatic rings. The molecule has 0 aliphatic carbocycles. The molecule has 1 aromatic carbocycles. The third-order valence-electron chi connectivity index (χ3n) is 1.93. The molecular formula is C10H8F2N4OS. The minimum absolute atomic E-state index is 0.0107. The van der Waals surface area contributed by atoms with Gasteiger partial charge in [0.05, 0.1) is 5.75 Å². The van der Waals surface area contributed by atoms with Crippen molar-refractivity contribution >= 4 is 23.6 Å². The van der Waals surface area contributed by atoms with E-state index in [-0.39, 0.29) is 22.5 Å². The highest BCUT2D eigenvalue weighted by Gasteiger charge is 2.08. The molecule has 2 N–H and O–H groups in total. The van der Waals surface area contributed by atoms with Crippen LogP contribution in [0.15, 0.2) is 29.4 Å². The Bertz CT molecular complexity index is 547. The fraction of sp³-hybridized carbons (Fsp3) is 0.100. The van der Waals surface area contributed by atoms with E-state index in [2.05, 4.69) is 20.5 Å². The van der Waals surface area contributed by atoms with E-state index in [0.717, 1.165) is 23.9 Å². The maximum atomic E-state index is 13.3. The minimum atomic E-state index is -0.688. The molecule has 2 aromatic rings. The Labute approximate surface area is 105 Å². The lowest BCUT2D eigenvalue weighted by Gasteiger charge is -2.03. The number of aromatic amines is 1. The molecule has 0 unspecified atom stereocenters. The molecule has 5 nitrogen and oxygen atoms in total. The molecule has 0 saturated heterocycles. The van der Waals surface area contributed by atoms with E-state index in [4.69, 9.17) is 0 Å². The van der Waals surface area contributed by atoms with Gasteiger partial charge in [0, 0.05) is 11.0 Å². The summed E-state index contributed by atoms with van der Waals surface area (Å²) in [5, 5.41) is 8.45. The van der Waals surface area contributed by atoms with Crippen LogP contribution in [0, 0.1) is 11.6 Å². The van der Waals surface area contributed by atoms with Crippen molar-refractivity contribution in [2.45, 2.75) is 4.90 Å². The maximum absolute atomic E-state index is 13.3. The highest BCUT2D eigenvalue weighted by molar-refractivity contribution is 8.00. The Hall–Kier alpha value is -1.96. The van der Waals surface area contributed by atoms with Crippen LogP contribution in [0.3, 0.4) is 0 Å². The predicted octanol–water partition coefficient (Wildman–Crippen LogP) is 1.81. The molecule has 1 aromatic heterocycles. The summed E-state index contributed by atoms with van der Waals surface area (Å²) in [6.45, 7) is 0. The van der Waals surface area contributed by atoms with E-state index in [1.807, 2.05) is 0 Å². The molecule has 0 aliphatic heterocycles. The molecule has 1 heterocycles. The number of rotatable bonds is 4. The van der Waals surface area contributed by atoms with Crippen molar-refractivity contribution in [3.63, 3.8) is 0 Å². The Balaban J connectivity index is 1.89. The van der Waals surface area contributed by atoms with Crippen molar-refractivity contribution in [2.24, 2.45) is 0 Å². The summed E-state index contributed by atoms with van der Waals surface area (Å²) in [7, 11) is 0. The van der Waals surface area contributed by atoms with Gasteiger partial charge in [0.1, 0.15) is 18.0 Å². The molecule has 2 rings (SSSR count). The van der Waals surface area contributed by atoms with Gasteiger partial charge in [-0.25, -0.2) is 13.9 Å². The van der Waals surface area contributed by atoms with Gasteiger partial charge in [0.2, 0.25) is 11.9 Å². The van der Waals surface area contributed by atoms with Crippen molar-refractivity contribution in [3.05, 3.63) is 36.2 Å². The van der Waals surface area contributed by atoms with Gasteiger partial charge in [-0.2, -0.15) is 10.1 Å². The number of nitrogens with zero attached hydrogens (tertiary/aromatic N) is 2. The molecule has 94 valence electrons. The van der Waals surface area contributed by atoms with E-state index < -0.39 is 11.6 Å². The predicted molar refractivity (Wildman–Crippen MR) is 62.1 cm³/mol. The summed E-state index contributed by atoms with van der Waals surface area (Å²) < 4.78 is 25.9. The van der Waals surface area contributed by atoms with Crippen molar-refractivity contribution in [2.75, 3.05) is 11.1 Å². The minimum Gasteiger partial charge on any atom is -0.294 e. The molecule has 0 saturated carbocycles. The molecule has 8 heteroatoms. The summed E-state index contributed by atoms with van der Waals surface area (Å²) in [5.41, 5.74) is 0. The topological polar surface area (TPSA) is 70.7 Å². The van der Waals surface area contributed by atoms with Gasteiger partial charge < -0.3 is 0 Å². The summed E-state index contributed by atoms with van der Waals surface area (Å²) >= 11 is 0.970. The van der Waals surface area contributed by atoms with Gasteiger partial charge in [-0.3, -0.25) is 10.1 Å². The zero-order chi connectivity index (χ0) is 13.0. The van der Waals surface area contributed by atoms with Crippen LogP contribution in [0.2, 0.25) is 0 Å². The number of H-pyrrole nitrogens is 1. The summed E-state index contributed by atoms with van der Waals surface area (Å²) in [5.74, 6) is -1.49. The number of aromatic nitrogens is 3. The Morgan fingerprint density at radius 3 is 2.94 bits per heavy atom. The smallest absolute Gasteiger partial charge is 0.237 e. The molecule has 0 radical (unpaired) electrons. The highest BCUT2D eigenvalue weighted by Crippen LogP contribution is 2.22. The van der Waals surface area contributed by atoms with Crippen molar-refractivity contribution in [1.29, 1.82) is 0 Å². The number of carbonyl (C=O) groups excluding carboxylic acids is 1. The van der Waals surface area contributed by atoms with Crippen molar-refractivity contribution < 1.29 is 13.6 Å². The van der Waals surface area contributed by atoms with E-state index in [1.54, 1.807) is 0 Å². The van der Waals surface area contributed by atoms with Gasteiger partial charge in [0.25, 0.3) is 0 Å². The Morgan fingerprint density at radius 2 is 2.28 bits per heavy atom. The third kappa shape index (κ3) is 3.27. The second-order valence-electron chi connectivity index (χ2n) is 3.25. The van der Waals surface area contributed by atoms with E-state index in [0.29, 0.717) is 0 Å². The first-order chi connectivity index (χ1) is 8.65. The lowest BCUT2D eigenvalue weighted by Crippen LogP contribution is -2.15. The first kappa shape index (κ1) is 12.5. The third-order valence-corrected chi connectivity index (χ3v) is 2.97. The van der Waals surface area contributed by atoms with Gasteiger partial charge in [-0.1, -0.05) is 0 Å². The Kier molecular flexibility index (Phi) is 3.88. The first-order valence-corrected chi connectivity index (χ1v) is 5.87.